The van der Waals surface area contributed by atoms with Crippen LogP contribution in [-0.2, 0) is 4.74 Å². The Morgan fingerprint density at radius 1 is 1.11 bits per heavy atom. The molecule has 2 aromatic rings. The van der Waals surface area contributed by atoms with Crippen LogP contribution < -0.4 is 10.2 Å². The van der Waals surface area contributed by atoms with E-state index in [0.29, 0.717) is 12.1 Å². The van der Waals surface area contributed by atoms with Crippen LogP contribution in [0.4, 0.5) is 0 Å². The van der Waals surface area contributed by atoms with Crippen LogP contribution in [0.15, 0.2) is 36.4 Å². The molecular weight excluding hydrogens is 243 g/mol. The number of hydrogen-bond acceptors (Lipinski definition) is 4. The second-order valence-corrected chi connectivity index (χ2v) is 4.53. The van der Waals surface area contributed by atoms with Gasteiger partial charge in [-0.15, -0.1) is 0 Å². The van der Waals surface area contributed by atoms with Gasteiger partial charge in [0.15, 0.2) is 0 Å². The molecule has 2 rings (SSSR count). The lowest BCUT2D eigenvalue weighted by molar-refractivity contribution is 0.0922. The molecule has 0 bridgehead atoms. The fraction of sp³-hybridized carbons (Fsp3) is 0.286. The van der Waals surface area contributed by atoms with Crippen LogP contribution in [0.5, 0.6) is 5.75 Å². The van der Waals surface area contributed by atoms with Crippen molar-refractivity contribution in [3.63, 3.8) is 0 Å². The highest BCUT2D eigenvalue weighted by molar-refractivity contribution is 6.58. The molecule has 2 aromatic carbocycles. The number of methoxy groups -OCH3 is 1. The molecule has 1 unspecified atom stereocenters. The van der Waals surface area contributed by atoms with E-state index < -0.39 is 7.12 Å². The van der Waals surface area contributed by atoms with E-state index in [9.17, 15) is 0 Å². The summed E-state index contributed by atoms with van der Waals surface area (Å²) in [7, 11) is 0.198. The second-order valence-electron chi connectivity index (χ2n) is 4.53. The highest BCUT2D eigenvalue weighted by Gasteiger charge is 2.11. The Kier molecular flexibility index (Phi) is 4.42. The monoisotopic (exact) mass is 260 g/mol. The van der Waals surface area contributed by atoms with E-state index in [1.54, 1.807) is 19.2 Å². The van der Waals surface area contributed by atoms with Crippen LogP contribution >= 0.6 is 0 Å². The van der Waals surface area contributed by atoms with Crippen LogP contribution in [-0.4, -0.2) is 37.0 Å². The Bertz CT molecular complexity index is 556. The third-order valence-corrected chi connectivity index (χ3v) is 2.87. The molecule has 0 aliphatic carbocycles. The van der Waals surface area contributed by atoms with Crippen LogP contribution in [0.2, 0.25) is 0 Å². The zero-order valence-electron chi connectivity index (χ0n) is 11.0. The van der Waals surface area contributed by atoms with Gasteiger partial charge in [0.25, 0.3) is 0 Å². The SMILES string of the molecule is COCC(C)Oc1ccc2cc(B(O)O)ccc2c1. The van der Waals surface area contributed by atoms with Crippen molar-refractivity contribution in [1.82, 2.24) is 0 Å². The summed E-state index contributed by atoms with van der Waals surface area (Å²) < 4.78 is 10.7. The quantitative estimate of drug-likeness (QED) is 0.785. The van der Waals surface area contributed by atoms with Crippen molar-refractivity contribution in [2.75, 3.05) is 13.7 Å². The van der Waals surface area contributed by atoms with Gasteiger partial charge >= 0.3 is 7.12 Å². The lowest BCUT2D eigenvalue weighted by Crippen LogP contribution is -2.29. The van der Waals surface area contributed by atoms with E-state index in [0.717, 1.165) is 16.5 Å². The summed E-state index contributed by atoms with van der Waals surface area (Å²) in [5.74, 6) is 0.773. The molecule has 1 atom stereocenters. The van der Waals surface area contributed by atoms with Gasteiger partial charge in [0, 0.05) is 7.11 Å². The summed E-state index contributed by atoms with van der Waals surface area (Å²) in [5, 5.41) is 20.2. The molecule has 100 valence electrons. The van der Waals surface area contributed by atoms with Gasteiger partial charge in [-0.25, -0.2) is 0 Å². The van der Waals surface area contributed by atoms with Crippen LogP contribution in [0.1, 0.15) is 6.92 Å². The van der Waals surface area contributed by atoms with E-state index in [4.69, 9.17) is 19.5 Å². The number of hydrogen-bond donors (Lipinski definition) is 2. The fourth-order valence-electron chi connectivity index (χ4n) is 1.98. The number of fused-ring (bicyclic) bond motifs is 1. The van der Waals surface area contributed by atoms with Gasteiger partial charge in [-0.2, -0.15) is 0 Å². The maximum absolute atomic E-state index is 9.13. The van der Waals surface area contributed by atoms with Crippen molar-refractivity contribution < 1.29 is 19.5 Å². The van der Waals surface area contributed by atoms with Gasteiger partial charge < -0.3 is 19.5 Å². The second kappa shape index (κ2) is 6.06. The average molecular weight is 260 g/mol. The minimum Gasteiger partial charge on any atom is -0.488 e. The Morgan fingerprint density at radius 2 is 1.79 bits per heavy atom. The lowest BCUT2D eigenvalue weighted by atomic mass is 9.79. The first kappa shape index (κ1) is 13.9. The first-order valence-electron chi connectivity index (χ1n) is 6.15. The predicted octanol–water partition coefficient (Wildman–Crippen LogP) is 0.933. The van der Waals surface area contributed by atoms with Gasteiger partial charge in [0.1, 0.15) is 11.9 Å². The molecule has 0 radical (unpaired) electrons. The summed E-state index contributed by atoms with van der Waals surface area (Å²) in [6, 6.07) is 11.0. The normalized spacial score (nSPS) is 12.4. The van der Waals surface area contributed by atoms with Crippen LogP contribution in [0.25, 0.3) is 10.8 Å². The summed E-state index contributed by atoms with van der Waals surface area (Å²) in [6.45, 7) is 2.48. The molecule has 2 N–H and O–H groups in total. The van der Waals surface area contributed by atoms with E-state index in [1.165, 1.54) is 0 Å². The largest absolute Gasteiger partial charge is 0.488 e. The van der Waals surface area contributed by atoms with Gasteiger partial charge in [0.2, 0.25) is 0 Å². The maximum atomic E-state index is 9.13. The minimum absolute atomic E-state index is 0.0130. The molecule has 0 saturated heterocycles. The molecule has 4 nitrogen and oxygen atoms in total. The zero-order chi connectivity index (χ0) is 13.8. The Morgan fingerprint density at radius 3 is 2.47 bits per heavy atom. The number of rotatable bonds is 5. The number of benzene rings is 2. The predicted molar refractivity (Wildman–Crippen MR) is 75.7 cm³/mol. The Hall–Kier alpha value is -1.56. The lowest BCUT2D eigenvalue weighted by Gasteiger charge is -2.14. The average Bonchev–Trinajstić information content (AvgIpc) is 2.38. The number of ether oxygens (including phenoxy) is 2. The third-order valence-electron chi connectivity index (χ3n) is 2.87. The fourth-order valence-corrected chi connectivity index (χ4v) is 1.98. The summed E-state index contributed by atoms with van der Waals surface area (Å²) >= 11 is 0. The maximum Gasteiger partial charge on any atom is 0.488 e. The Balaban J connectivity index is 2.24. The van der Waals surface area contributed by atoms with Crippen molar-refractivity contribution in [2.45, 2.75) is 13.0 Å². The molecule has 0 fully saturated rings. The first-order valence-corrected chi connectivity index (χ1v) is 6.15. The van der Waals surface area contributed by atoms with Crippen molar-refractivity contribution in [2.24, 2.45) is 0 Å². The topological polar surface area (TPSA) is 58.9 Å². The van der Waals surface area contributed by atoms with E-state index in [2.05, 4.69) is 0 Å². The van der Waals surface area contributed by atoms with Gasteiger partial charge in [-0.3, -0.25) is 0 Å². The van der Waals surface area contributed by atoms with Crippen LogP contribution in [0, 0.1) is 0 Å². The molecule has 0 aliphatic heterocycles. The van der Waals surface area contributed by atoms with Gasteiger partial charge in [-0.05, 0) is 35.3 Å². The molecule has 0 amide bonds. The van der Waals surface area contributed by atoms with Gasteiger partial charge in [0.05, 0.1) is 6.61 Å². The third kappa shape index (κ3) is 3.47. The molecule has 19 heavy (non-hydrogen) atoms. The first-order chi connectivity index (χ1) is 9.10. The van der Waals surface area contributed by atoms with E-state index in [1.807, 2.05) is 31.2 Å². The minimum atomic E-state index is -1.44. The van der Waals surface area contributed by atoms with Crippen molar-refractivity contribution in [1.29, 1.82) is 0 Å². The van der Waals surface area contributed by atoms with E-state index in [-0.39, 0.29) is 6.10 Å². The summed E-state index contributed by atoms with van der Waals surface area (Å²) in [6.07, 6.45) is -0.0130. The molecule has 0 spiro atoms. The van der Waals surface area contributed by atoms with E-state index >= 15 is 0 Å². The van der Waals surface area contributed by atoms with Crippen molar-refractivity contribution in [3.05, 3.63) is 36.4 Å². The van der Waals surface area contributed by atoms with Crippen molar-refractivity contribution in [3.8, 4) is 5.75 Å². The summed E-state index contributed by atoms with van der Waals surface area (Å²) in [5.41, 5.74) is 0.480. The molecule has 5 heteroatoms. The van der Waals surface area contributed by atoms with Gasteiger partial charge in [-0.1, -0.05) is 24.3 Å². The molecule has 0 aromatic heterocycles. The Labute approximate surface area is 112 Å². The van der Waals surface area contributed by atoms with Crippen molar-refractivity contribution >= 4 is 23.4 Å². The summed E-state index contributed by atoms with van der Waals surface area (Å²) in [4.78, 5) is 0. The molecule has 0 heterocycles. The standard InChI is InChI=1S/C14H17BO4/c1-10(9-18-2)19-14-6-4-11-7-13(15(16)17)5-3-12(11)8-14/h3-8,10,16-17H,9H2,1-2H3. The molecule has 0 aliphatic rings. The van der Waals surface area contributed by atoms with Crippen LogP contribution in [0.3, 0.4) is 0 Å². The zero-order valence-corrected chi connectivity index (χ0v) is 11.0. The molecular formula is C14H17BO4. The highest BCUT2D eigenvalue weighted by Crippen LogP contribution is 2.21. The smallest absolute Gasteiger partial charge is 0.488 e. The highest BCUT2D eigenvalue weighted by atomic mass is 16.5. The molecule has 0 saturated carbocycles.